The van der Waals surface area contributed by atoms with E-state index in [1.807, 2.05) is 0 Å². The van der Waals surface area contributed by atoms with Gasteiger partial charge in [0.1, 0.15) is 0 Å². The van der Waals surface area contributed by atoms with Crippen molar-refractivity contribution < 1.29 is 27.1 Å². The fourth-order valence-electron chi connectivity index (χ4n) is 2.04. The second kappa shape index (κ2) is 8.74. The largest absolute Gasteiger partial charge is 0.477 e. The minimum Gasteiger partial charge on any atom is -0.477 e. The molecule has 1 N–H and O–H groups in total. The van der Waals surface area contributed by atoms with E-state index in [2.05, 4.69) is 23.9 Å². The molecular weight excluding hydrogens is 314 g/mol. The van der Waals surface area contributed by atoms with Crippen molar-refractivity contribution in [2.75, 3.05) is 6.61 Å². The van der Waals surface area contributed by atoms with Crippen LogP contribution >= 0.6 is 0 Å². The summed E-state index contributed by atoms with van der Waals surface area (Å²) in [5.74, 6) is -7.78. The van der Waals surface area contributed by atoms with Crippen LogP contribution in [0.5, 0.6) is 5.75 Å². The Morgan fingerprint density at radius 2 is 1.65 bits per heavy atom. The lowest BCUT2D eigenvalue weighted by molar-refractivity contribution is -0.123. The Morgan fingerprint density at radius 1 is 1.09 bits per heavy atom. The molecule has 0 aliphatic carbocycles. The lowest BCUT2D eigenvalue weighted by Crippen LogP contribution is -2.36. The zero-order valence-electron chi connectivity index (χ0n) is 13.4. The van der Waals surface area contributed by atoms with Crippen molar-refractivity contribution in [3.05, 3.63) is 29.3 Å². The number of hydrogen-bond donors (Lipinski definition) is 1. The first-order valence-electron chi connectivity index (χ1n) is 7.47. The van der Waals surface area contributed by atoms with Crippen LogP contribution in [-0.2, 0) is 4.79 Å². The molecule has 1 aromatic rings. The number of halogens is 4. The molecule has 0 saturated heterocycles. The molecule has 1 rings (SSSR count). The first-order chi connectivity index (χ1) is 10.7. The van der Waals surface area contributed by atoms with E-state index in [4.69, 9.17) is 0 Å². The predicted molar refractivity (Wildman–Crippen MR) is 78.1 cm³/mol. The smallest absolute Gasteiger partial charge is 0.258 e. The Labute approximate surface area is 133 Å². The van der Waals surface area contributed by atoms with Crippen molar-refractivity contribution in [3.63, 3.8) is 0 Å². The van der Waals surface area contributed by atoms with Crippen LogP contribution in [0.25, 0.3) is 0 Å². The van der Waals surface area contributed by atoms with Crippen molar-refractivity contribution in [2.45, 2.75) is 46.1 Å². The molecule has 0 bridgehead atoms. The van der Waals surface area contributed by atoms with E-state index >= 15 is 0 Å². The van der Waals surface area contributed by atoms with Gasteiger partial charge in [0.05, 0.1) is 0 Å². The summed E-state index contributed by atoms with van der Waals surface area (Å²) in [6.07, 6.45) is 2.70. The van der Waals surface area contributed by atoms with Gasteiger partial charge >= 0.3 is 0 Å². The zero-order valence-corrected chi connectivity index (χ0v) is 13.4. The number of benzene rings is 1. The Bertz CT molecular complexity index is 523. The second-order valence-corrected chi connectivity index (χ2v) is 5.88. The molecule has 1 aromatic carbocycles. The van der Waals surface area contributed by atoms with E-state index in [0.29, 0.717) is 5.92 Å². The number of carbonyl (C=O) groups is 1. The van der Waals surface area contributed by atoms with E-state index < -0.39 is 41.5 Å². The standard InChI is InChI=1S/C16H21F4NO2/c1-9(2)5-4-6-10(3)21-13(22)8-23-16-14(19)11(17)7-12(18)15(16)20/h7,9-10H,4-6,8H2,1-3H3,(H,21,22). The third kappa shape index (κ3) is 6.08. The molecule has 0 aromatic heterocycles. The van der Waals surface area contributed by atoms with Crippen LogP contribution < -0.4 is 10.1 Å². The van der Waals surface area contributed by atoms with Crippen LogP contribution in [0.15, 0.2) is 6.07 Å². The van der Waals surface area contributed by atoms with Gasteiger partial charge in [-0.25, -0.2) is 8.78 Å². The first-order valence-corrected chi connectivity index (χ1v) is 7.47. The molecule has 0 aliphatic rings. The van der Waals surface area contributed by atoms with Crippen LogP contribution in [0.1, 0.15) is 40.0 Å². The highest BCUT2D eigenvalue weighted by molar-refractivity contribution is 5.77. The van der Waals surface area contributed by atoms with Crippen LogP contribution in [0, 0.1) is 29.2 Å². The maximum absolute atomic E-state index is 13.4. The van der Waals surface area contributed by atoms with Crippen LogP contribution in [0.2, 0.25) is 0 Å². The lowest BCUT2D eigenvalue weighted by atomic mass is 10.0. The molecule has 130 valence electrons. The van der Waals surface area contributed by atoms with Gasteiger partial charge in [-0.05, 0) is 19.3 Å². The number of rotatable bonds is 8. The van der Waals surface area contributed by atoms with E-state index in [1.165, 1.54) is 0 Å². The van der Waals surface area contributed by atoms with Crippen LogP contribution in [-0.4, -0.2) is 18.6 Å². The maximum atomic E-state index is 13.4. The normalized spacial score (nSPS) is 12.3. The van der Waals surface area contributed by atoms with Crippen molar-refractivity contribution >= 4 is 5.91 Å². The quantitative estimate of drug-likeness (QED) is 0.577. The Kier molecular flexibility index (Phi) is 7.32. The average molecular weight is 335 g/mol. The molecule has 7 heteroatoms. The van der Waals surface area contributed by atoms with Gasteiger partial charge in [0.15, 0.2) is 24.0 Å². The van der Waals surface area contributed by atoms with Gasteiger partial charge in [0.25, 0.3) is 5.91 Å². The minimum absolute atomic E-state index is 0.0778. The maximum Gasteiger partial charge on any atom is 0.258 e. The van der Waals surface area contributed by atoms with E-state index in [-0.39, 0.29) is 12.1 Å². The molecule has 0 spiro atoms. The summed E-state index contributed by atoms with van der Waals surface area (Å²) >= 11 is 0. The zero-order chi connectivity index (χ0) is 17.6. The number of ether oxygens (including phenoxy) is 1. The summed E-state index contributed by atoms with van der Waals surface area (Å²) < 4.78 is 57.3. The van der Waals surface area contributed by atoms with E-state index in [0.717, 1.165) is 19.3 Å². The third-order valence-corrected chi connectivity index (χ3v) is 3.25. The van der Waals surface area contributed by atoms with E-state index in [9.17, 15) is 22.4 Å². The summed E-state index contributed by atoms with van der Waals surface area (Å²) in [7, 11) is 0. The summed E-state index contributed by atoms with van der Waals surface area (Å²) in [5.41, 5.74) is 0. The molecule has 0 radical (unpaired) electrons. The van der Waals surface area contributed by atoms with Gasteiger partial charge in [-0.15, -0.1) is 0 Å². The molecule has 1 atom stereocenters. The molecule has 1 amide bonds. The minimum atomic E-state index is -1.67. The Balaban J connectivity index is 2.51. The third-order valence-electron chi connectivity index (χ3n) is 3.25. The number of nitrogens with one attached hydrogen (secondary N) is 1. The summed E-state index contributed by atoms with van der Waals surface area (Å²) in [6, 6.07) is -0.0576. The number of hydrogen-bond acceptors (Lipinski definition) is 2. The number of carbonyl (C=O) groups excluding carboxylic acids is 1. The Morgan fingerprint density at radius 3 is 2.17 bits per heavy atom. The van der Waals surface area contributed by atoms with Crippen molar-refractivity contribution in [1.29, 1.82) is 0 Å². The molecular formula is C16H21F4NO2. The van der Waals surface area contributed by atoms with Crippen molar-refractivity contribution in [2.24, 2.45) is 5.92 Å². The highest BCUT2D eigenvalue weighted by atomic mass is 19.2. The summed E-state index contributed by atoms with van der Waals surface area (Å²) in [4.78, 5) is 11.6. The fraction of sp³-hybridized carbons (Fsp3) is 0.562. The first kappa shape index (κ1) is 19.3. The summed E-state index contributed by atoms with van der Waals surface area (Å²) in [5, 5.41) is 2.60. The monoisotopic (exact) mass is 335 g/mol. The lowest BCUT2D eigenvalue weighted by Gasteiger charge is -2.15. The highest BCUT2D eigenvalue weighted by Gasteiger charge is 2.21. The summed E-state index contributed by atoms with van der Waals surface area (Å²) in [6.45, 7) is 5.25. The van der Waals surface area contributed by atoms with Gasteiger partial charge in [-0.3, -0.25) is 4.79 Å². The molecule has 0 aliphatic heterocycles. The number of amides is 1. The SMILES string of the molecule is CC(C)CCCC(C)NC(=O)COc1c(F)c(F)cc(F)c1F. The Hall–Kier alpha value is -1.79. The van der Waals surface area contributed by atoms with Gasteiger partial charge in [-0.1, -0.05) is 26.7 Å². The van der Waals surface area contributed by atoms with Crippen LogP contribution in [0.3, 0.4) is 0 Å². The topological polar surface area (TPSA) is 38.3 Å². The van der Waals surface area contributed by atoms with E-state index in [1.54, 1.807) is 6.92 Å². The molecule has 0 saturated carbocycles. The fourth-order valence-corrected chi connectivity index (χ4v) is 2.04. The predicted octanol–water partition coefficient (Wildman–Crippen LogP) is 3.95. The van der Waals surface area contributed by atoms with Crippen molar-refractivity contribution in [3.8, 4) is 5.75 Å². The van der Waals surface area contributed by atoms with Gasteiger partial charge in [0.2, 0.25) is 11.6 Å². The van der Waals surface area contributed by atoms with Gasteiger partial charge in [0, 0.05) is 12.1 Å². The molecule has 0 fully saturated rings. The molecule has 23 heavy (non-hydrogen) atoms. The van der Waals surface area contributed by atoms with Gasteiger partial charge < -0.3 is 10.1 Å². The van der Waals surface area contributed by atoms with Crippen LogP contribution in [0.4, 0.5) is 17.6 Å². The highest BCUT2D eigenvalue weighted by Crippen LogP contribution is 2.26. The average Bonchev–Trinajstić information content (AvgIpc) is 2.44. The molecule has 3 nitrogen and oxygen atoms in total. The second-order valence-electron chi connectivity index (χ2n) is 5.88. The van der Waals surface area contributed by atoms with Crippen molar-refractivity contribution in [1.82, 2.24) is 5.32 Å². The molecule has 0 heterocycles. The molecule has 1 unspecified atom stereocenters. The van der Waals surface area contributed by atoms with Gasteiger partial charge in [-0.2, -0.15) is 8.78 Å².